The summed E-state index contributed by atoms with van der Waals surface area (Å²) in [4.78, 5) is 18.9. The molecular weight excluding hydrogens is 366 g/mol. The van der Waals surface area contributed by atoms with Crippen LogP contribution in [0.1, 0.15) is 40.2 Å². The van der Waals surface area contributed by atoms with Crippen LogP contribution in [0.2, 0.25) is 0 Å². The van der Waals surface area contributed by atoms with Gasteiger partial charge in [0.25, 0.3) is 5.91 Å². The van der Waals surface area contributed by atoms with Gasteiger partial charge >= 0.3 is 0 Å². The van der Waals surface area contributed by atoms with Crippen molar-refractivity contribution in [1.82, 2.24) is 20.1 Å². The third-order valence-corrected chi connectivity index (χ3v) is 5.98. The average Bonchev–Trinajstić information content (AvgIpc) is 3.21. The molecule has 7 heteroatoms. The topological polar surface area (TPSA) is 72.3 Å². The summed E-state index contributed by atoms with van der Waals surface area (Å²) < 4.78 is 8.20. The highest BCUT2D eigenvalue weighted by Crippen LogP contribution is 2.29. The predicted molar refractivity (Wildman–Crippen MR) is 111 cm³/mol. The Morgan fingerprint density at radius 1 is 1.17 bits per heavy atom. The quantitative estimate of drug-likeness (QED) is 0.743. The maximum absolute atomic E-state index is 11.8. The summed E-state index contributed by atoms with van der Waals surface area (Å²) in [5.41, 5.74) is 4.77. The molecule has 0 saturated carbocycles. The number of anilines is 1. The number of nitrogens with zero attached hydrogens (tertiary/aromatic N) is 4. The fourth-order valence-electron chi connectivity index (χ4n) is 4.42. The van der Waals surface area contributed by atoms with Gasteiger partial charge in [-0.3, -0.25) is 9.48 Å². The molecular formula is C22H25N5O2. The van der Waals surface area contributed by atoms with Crippen LogP contribution in [0.5, 0.6) is 5.75 Å². The van der Waals surface area contributed by atoms with Crippen LogP contribution in [0.4, 0.5) is 5.82 Å². The number of benzene rings is 1. The Morgan fingerprint density at radius 2 is 1.97 bits per heavy atom. The molecule has 2 aliphatic rings. The highest BCUT2D eigenvalue weighted by molar-refractivity contribution is 5.98. The number of hydrogen-bond donors (Lipinski definition) is 1. The van der Waals surface area contributed by atoms with E-state index in [-0.39, 0.29) is 12.0 Å². The van der Waals surface area contributed by atoms with E-state index in [0.717, 1.165) is 65.4 Å². The van der Waals surface area contributed by atoms with Gasteiger partial charge in [0.15, 0.2) is 0 Å². The smallest absolute Gasteiger partial charge is 0.253 e. The van der Waals surface area contributed by atoms with E-state index < -0.39 is 0 Å². The fraction of sp³-hybridized carbons (Fsp3) is 0.409. The lowest BCUT2D eigenvalue weighted by atomic mass is 10.1. The Labute approximate surface area is 169 Å². The highest BCUT2D eigenvalue weighted by Gasteiger charge is 2.26. The van der Waals surface area contributed by atoms with E-state index in [2.05, 4.69) is 27.4 Å². The molecule has 0 aliphatic carbocycles. The molecule has 0 atom stereocenters. The number of carbonyl (C=O) groups is 1. The Morgan fingerprint density at radius 3 is 2.76 bits per heavy atom. The van der Waals surface area contributed by atoms with Gasteiger partial charge in [-0.1, -0.05) is 0 Å². The van der Waals surface area contributed by atoms with Gasteiger partial charge in [0.2, 0.25) is 0 Å². The number of rotatable bonds is 3. The zero-order chi connectivity index (χ0) is 20.1. The van der Waals surface area contributed by atoms with Crippen LogP contribution in [0.25, 0.3) is 10.9 Å². The summed E-state index contributed by atoms with van der Waals surface area (Å²) in [6.45, 7) is 6.37. The molecule has 1 aromatic carbocycles. The monoisotopic (exact) mass is 391 g/mol. The molecule has 7 nitrogen and oxygen atoms in total. The molecule has 0 bridgehead atoms. The Kier molecular flexibility index (Phi) is 4.19. The number of carbonyl (C=O) groups excluding carboxylic acids is 1. The summed E-state index contributed by atoms with van der Waals surface area (Å²) in [5.74, 6) is 1.88. The highest BCUT2D eigenvalue weighted by atomic mass is 16.5. The van der Waals surface area contributed by atoms with Gasteiger partial charge in [0.1, 0.15) is 17.7 Å². The van der Waals surface area contributed by atoms with E-state index in [1.165, 1.54) is 0 Å². The minimum atomic E-state index is -0.0184. The second-order valence-corrected chi connectivity index (χ2v) is 8.00. The maximum Gasteiger partial charge on any atom is 0.253 e. The second-order valence-electron chi connectivity index (χ2n) is 8.00. The van der Waals surface area contributed by atoms with E-state index >= 15 is 0 Å². The van der Waals surface area contributed by atoms with Crippen molar-refractivity contribution >= 4 is 22.6 Å². The van der Waals surface area contributed by atoms with Crippen molar-refractivity contribution in [2.75, 3.05) is 18.0 Å². The summed E-state index contributed by atoms with van der Waals surface area (Å²) >= 11 is 0. The number of ether oxygens (including phenoxy) is 1. The van der Waals surface area contributed by atoms with Crippen molar-refractivity contribution in [1.29, 1.82) is 0 Å². The van der Waals surface area contributed by atoms with Crippen LogP contribution in [0.15, 0.2) is 24.3 Å². The zero-order valence-electron chi connectivity index (χ0n) is 17.0. The van der Waals surface area contributed by atoms with Crippen molar-refractivity contribution in [2.24, 2.45) is 7.05 Å². The van der Waals surface area contributed by atoms with Crippen molar-refractivity contribution in [3.05, 3.63) is 46.8 Å². The molecule has 0 spiro atoms. The number of piperidine rings is 1. The van der Waals surface area contributed by atoms with Crippen molar-refractivity contribution < 1.29 is 9.53 Å². The summed E-state index contributed by atoms with van der Waals surface area (Å²) in [5, 5.41) is 8.47. The third kappa shape index (κ3) is 3.10. The number of aromatic nitrogens is 3. The molecule has 0 radical (unpaired) electrons. The summed E-state index contributed by atoms with van der Waals surface area (Å²) in [6, 6.07) is 8.17. The molecule has 5 rings (SSSR count). The first-order valence-electron chi connectivity index (χ1n) is 10.1. The number of nitrogens with one attached hydrogen (secondary N) is 1. The standard InChI is InChI=1S/C22H25N5O2/c1-13-10-18-19(12-23-22(18)28)24-21(13)27-8-6-15(7-9-27)29-16-4-5-20-17(11-16)14(2)25-26(20)3/h4-5,10-11,15H,6-9,12H2,1-3H3,(H,23,28). The SMILES string of the molecule is Cc1cc2c(nc1N1CCC(Oc3ccc4c(c3)c(C)nn4C)CC1)CNC2=O. The number of pyridine rings is 1. The lowest BCUT2D eigenvalue weighted by molar-refractivity contribution is 0.0965. The minimum Gasteiger partial charge on any atom is -0.490 e. The van der Waals surface area contributed by atoms with Gasteiger partial charge in [-0.2, -0.15) is 5.10 Å². The van der Waals surface area contributed by atoms with Gasteiger partial charge < -0.3 is 15.0 Å². The number of hydrogen-bond acceptors (Lipinski definition) is 5. The first kappa shape index (κ1) is 18.0. The third-order valence-electron chi connectivity index (χ3n) is 5.98. The molecule has 2 aromatic heterocycles. The van der Waals surface area contributed by atoms with Gasteiger partial charge in [-0.25, -0.2) is 4.98 Å². The maximum atomic E-state index is 11.8. The molecule has 2 aliphatic heterocycles. The van der Waals surface area contributed by atoms with E-state index in [9.17, 15) is 4.79 Å². The average molecular weight is 391 g/mol. The molecule has 1 N–H and O–H groups in total. The molecule has 4 heterocycles. The molecule has 150 valence electrons. The molecule has 29 heavy (non-hydrogen) atoms. The molecule has 1 fully saturated rings. The van der Waals surface area contributed by atoms with Crippen LogP contribution < -0.4 is 15.0 Å². The van der Waals surface area contributed by atoms with E-state index in [1.54, 1.807) is 0 Å². The molecule has 0 unspecified atom stereocenters. The van der Waals surface area contributed by atoms with Crippen LogP contribution in [0, 0.1) is 13.8 Å². The number of aryl methyl sites for hydroxylation is 3. The van der Waals surface area contributed by atoms with Gasteiger partial charge in [0.05, 0.1) is 29.0 Å². The lowest BCUT2D eigenvalue weighted by Gasteiger charge is -2.34. The van der Waals surface area contributed by atoms with E-state index in [0.29, 0.717) is 12.1 Å². The fourth-order valence-corrected chi connectivity index (χ4v) is 4.42. The van der Waals surface area contributed by atoms with Crippen molar-refractivity contribution in [2.45, 2.75) is 39.3 Å². The number of fused-ring (bicyclic) bond motifs is 2. The Hall–Kier alpha value is -3.09. The first-order valence-corrected chi connectivity index (χ1v) is 10.1. The second kappa shape index (κ2) is 6.76. The lowest BCUT2D eigenvalue weighted by Crippen LogP contribution is -2.39. The van der Waals surface area contributed by atoms with Crippen LogP contribution in [-0.2, 0) is 13.6 Å². The van der Waals surface area contributed by atoms with Gasteiger partial charge in [-0.15, -0.1) is 0 Å². The minimum absolute atomic E-state index is 0.0184. The first-order chi connectivity index (χ1) is 14.0. The Balaban J connectivity index is 1.28. The predicted octanol–water partition coefficient (Wildman–Crippen LogP) is 2.88. The van der Waals surface area contributed by atoms with Crippen LogP contribution >= 0.6 is 0 Å². The van der Waals surface area contributed by atoms with Gasteiger partial charge in [-0.05, 0) is 43.7 Å². The van der Waals surface area contributed by atoms with Crippen molar-refractivity contribution in [3.63, 3.8) is 0 Å². The van der Waals surface area contributed by atoms with Crippen LogP contribution in [0.3, 0.4) is 0 Å². The summed E-state index contributed by atoms with van der Waals surface area (Å²) in [6.07, 6.45) is 2.08. The van der Waals surface area contributed by atoms with Crippen LogP contribution in [-0.4, -0.2) is 39.9 Å². The van der Waals surface area contributed by atoms with Crippen molar-refractivity contribution in [3.8, 4) is 5.75 Å². The normalized spacial score (nSPS) is 16.9. The largest absolute Gasteiger partial charge is 0.490 e. The molecule has 1 saturated heterocycles. The Bertz CT molecular complexity index is 1110. The zero-order valence-corrected chi connectivity index (χ0v) is 17.0. The molecule has 1 amide bonds. The van der Waals surface area contributed by atoms with Gasteiger partial charge in [0, 0.05) is 38.4 Å². The van der Waals surface area contributed by atoms with E-state index in [1.807, 2.05) is 37.7 Å². The molecule has 3 aromatic rings. The van der Waals surface area contributed by atoms with E-state index in [4.69, 9.17) is 9.72 Å². The summed E-state index contributed by atoms with van der Waals surface area (Å²) in [7, 11) is 1.96. The number of amides is 1.